The number of ether oxygens (including phenoxy) is 2. The van der Waals surface area contributed by atoms with Gasteiger partial charge in [-0.3, -0.25) is 0 Å². The van der Waals surface area contributed by atoms with Crippen molar-refractivity contribution in [3.63, 3.8) is 0 Å². The Hall–Kier alpha value is -1.58. The molecular weight excluding hydrogens is 208 g/mol. The Morgan fingerprint density at radius 3 is 2.31 bits per heavy atom. The van der Waals surface area contributed by atoms with Crippen molar-refractivity contribution in [3.05, 3.63) is 22.8 Å². The molecule has 0 saturated carbocycles. The van der Waals surface area contributed by atoms with Crippen LogP contribution in [0.3, 0.4) is 0 Å². The van der Waals surface area contributed by atoms with Gasteiger partial charge in [-0.2, -0.15) is 0 Å². The van der Waals surface area contributed by atoms with Crippen LogP contribution in [0.2, 0.25) is 0 Å². The molecule has 0 aliphatic heterocycles. The lowest BCUT2D eigenvalue weighted by atomic mass is 10.1. The van der Waals surface area contributed by atoms with E-state index in [4.69, 9.17) is 0 Å². The molecule has 16 heavy (non-hydrogen) atoms. The smallest absolute Gasteiger partial charge is 0.338 e. The zero-order valence-corrected chi connectivity index (χ0v) is 9.83. The lowest BCUT2D eigenvalue weighted by Gasteiger charge is -2.07. The molecule has 1 rings (SSSR count). The lowest BCUT2D eigenvalue weighted by Crippen LogP contribution is -2.13. The number of carbonyl (C=O) groups is 2. The average molecular weight is 224 g/mol. The lowest BCUT2D eigenvalue weighted by molar-refractivity contribution is -0.139. The maximum atomic E-state index is 11.6. The van der Waals surface area contributed by atoms with Gasteiger partial charge in [-0.25, -0.2) is 9.59 Å². The Balaban J connectivity index is 3.19. The number of allylic oxidation sites excluding steroid dienone is 1. The van der Waals surface area contributed by atoms with Gasteiger partial charge in [0.05, 0.1) is 25.4 Å². The van der Waals surface area contributed by atoms with E-state index in [-0.39, 0.29) is 0 Å². The van der Waals surface area contributed by atoms with E-state index < -0.39 is 11.9 Å². The molecule has 0 spiro atoms. The predicted molar refractivity (Wildman–Crippen MR) is 58.7 cm³/mol. The van der Waals surface area contributed by atoms with Crippen LogP contribution in [0.1, 0.15) is 26.2 Å². The fourth-order valence-electron chi connectivity index (χ4n) is 1.71. The molecule has 0 heterocycles. The Labute approximate surface area is 94.9 Å². The SMILES string of the molecule is COC(=O)C1=C(C(=O)OC)CCCC(C)=C1. The molecule has 0 amide bonds. The summed E-state index contributed by atoms with van der Waals surface area (Å²) in [6, 6.07) is 0. The molecule has 0 aromatic rings. The van der Waals surface area contributed by atoms with Crippen LogP contribution in [0.5, 0.6) is 0 Å². The summed E-state index contributed by atoms with van der Waals surface area (Å²) in [7, 11) is 2.62. The van der Waals surface area contributed by atoms with Gasteiger partial charge in [-0.05, 0) is 32.3 Å². The maximum absolute atomic E-state index is 11.6. The molecule has 4 heteroatoms. The van der Waals surface area contributed by atoms with Crippen molar-refractivity contribution >= 4 is 11.9 Å². The van der Waals surface area contributed by atoms with Crippen molar-refractivity contribution in [2.24, 2.45) is 0 Å². The minimum Gasteiger partial charge on any atom is -0.466 e. The largest absolute Gasteiger partial charge is 0.466 e. The Morgan fingerprint density at radius 1 is 1.12 bits per heavy atom. The standard InChI is InChI=1S/C12H16O4/c1-8-5-4-6-9(11(13)15-2)10(7-8)12(14)16-3/h7H,4-6H2,1-3H3. The first-order chi connectivity index (χ1) is 7.60. The number of hydrogen-bond donors (Lipinski definition) is 0. The summed E-state index contributed by atoms with van der Waals surface area (Å²) in [6.45, 7) is 1.93. The van der Waals surface area contributed by atoms with E-state index in [2.05, 4.69) is 9.47 Å². The highest BCUT2D eigenvalue weighted by Gasteiger charge is 2.22. The number of carbonyl (C=O) groups excluding carboxylic acids is 2. The fraction of sp³-hybridized carbons (Fsp3) is 0.500. The summed E-state index contributed by atoms with van der Waals surface area (Å²) in [4.78, 5) is 23.1. The average Bonchev–Trinajstić information content (AvgIpc) is 2.49. The van der Waals surface area contributed by atoms with Gasteiger partial charge in [0.15, 0.2) is 0 Å². The van der Waals surface area contributed by atoms with Crippen LogP contribution in [-0.4, -0.2) is 26.2 Å². The fourth-order valence-corrected chi connectivity index (χ4v) is 1.71. The van der Waals surface area contributed by atoms with E-state index in [1.807, 2.05) is 6.92 Å². The molecule has 0 aromatic carbocycles. The zero-order chi connectivity index (χ0) is 12.1. The molecule has 0 radical (unpaired) electrons. The number of esters is 2. The van der Waals surface area contributed by atoms with Crippen molar-refractivity contribution < 1.29 is 19.1 Å². The van der Waals surface area contributed by atoms with Crippen LogP contribution < -0.4 is 0 Å². The van der Waals surface area contributed by atoms with Crippen molar-refractivity contribution in [1.82, 2.24) is 0 Å². The van der Waals surface area contributed by atoms with Gasteiger partial charge in [0, 0.05) is 0 Å². The van der Waals surface area contributed by atoms with Crippen LogP contribution in [0.15, 0.2) is 22.8 Å². The Bertz CT molecular complexity index is 363. The highest BCUT2D eigenvalue weighted by atomic mass is 16.5. The van der Waals surface area contributed by atoms with Crippen LogP contribution >= 0.6 is 0 Å². The van der Waals surface area contributed by atoms with Crippen molar-refractivity contribution in [2.75, 3.05) is 14.2 Å². The third-order valence-electron chi connectivity index (χ3n) is 2.55. The summed E-state index contributed by atoms with van der Waals surface area (Å²) in [6.07, 6.45) is 3.98. The molecule has 0 atom stereocenters. The molecule has 0 unspecified atom stereocenters. The summed E-state index contributed by atoms with van der Waals surface area (Å²) in [5.41, 5.74) is 1.80. The molecule has 0 fully saturated rings. The van der Waals surface area contributed by atoms with Gasteiger partial charge in [0.2, 0.25) is 0 Å². The molecule has 4 nitrogen and oxygen atoms in total. The molecule has 1 aliphatic rings. The second-order valence-corrected chi connectivity index (χ2v) is 3.72. The van der Waals surface area contributed by atoms with Gasteiger partial charge in [-0.15, -0.1) is 0 Å². The molecule has 0 N–H and O–H groups in total. The van der Waals surface area contributed by atoms with Crippen LogP contribution in [0.25, 0.3) is 0 Å². The highest BCUT2D eigenvalue weighted by Crippen LogP contribution is 2.24. The second kappa shape index (κ2) is 5.49. The molecule has 0 saturated heterocycles. The van der Waals surface area contributed by atoms with Crippen molar-refractivity contribution in [1.29, 1.82) is 0 Å². The zero-order valence-electron chi connectivity index (χ0n) is 9.83. The van der Waals surface area contributed by atoms with Crippen LogP contribution in [0.4, 0.5) is 0 Å². The van der Waals surface area contributed by atoms with E-state index in [0.717, 1.165) is 18.4 Å². The van der Waals surface area contributed by atoms with Gasteiger partial charge < -0.3 is 9.47 Å². The molecule has 1 aliphatic carbocycles. The minimum absolute atomic E-state index is 0.323. The molecule has 0 aromatic heterocycles. The van der Waals surface area contributed by atoms with E-state index in [1.54, 1.807) is 6.08 Å². The van der Waals surface area contributed by atoms with Crippen molar-refractivity contribution in [3.8, 4) is 0 Å². The minimum atomic E-state index is -0.485. The monoisotopic (exact) mass is 224 g/mol. The van der Waals surface area contributed by atoms with Gasteiger partial charge in [0.1, 0.15) is 0 Å². The first-order valence-corrected chi connectivity index (χ1v) is 5.17. The van der Waals surface area contributed by atoms with Crippen molar-refractivity contribution in [2.45, 2.75) is 26.2 Å². The maximum Gasteiger partial charge on any atom is 0.338 e. The molecule has 0 bridgehead atoms. The summed E-state index contributed by atoms with van der Waals surface area (Å²) < 4.78 is 9.34. The van der Waals surface area contributed by atoms with E-state index in [0.29, 0.717) is 17.6 Å². The van der Waals surface area contributed by atoms with Crippen LogP contribution in [-0.2, 0) is 19.1 Å². The van der Waals surface area contributed by atoms with Gasteiger partial charge >= 0.3 is 11.9 Å². The van der Waals surface area contributed by atoms with E-state index in [9.17, 15) is 9.59 Å². The Kier molecular flexibility index (Phi) is 4.28. The third-order valence-corrected chi connectivity index (χ3v) is 2.55. The van der Waals surface area contributed by atoms with E-state index >= 15 is 0 Å². The predicted octanol–water partition coefficient (Wildman–Crippen LogP) is 1.76. The molecule has 88 valence electrons. The molecular formula is C12H16O4. The summed E-state index contributed by atoms with van der Waals surface area (Å²) in [5, 5.41) is 0. The Morgan fingerprint density at radius 2 is 1.75 bits per heavy atom. The van der Waals surface area contributed by atoms with Gasteiger partial charge in [0.25, 0.3) is 0 Å². The highest BCUT2D eigenvalue weighted by molar-refractivity contribution is 6.02. The first kappa shape index (κ1) is 12.5. The quantitative estimate of drug-likeness (QED) is 0.671. The second-order valence-electron chi connectivity index (χ2n) is 3.72. The van der Waals surface area contributed by atoms with Crippen LogP contribution in [0, 0.1) is 0 Å². The number of hydrogen-bond acceptors (Lipinski definition) is 4. The number of methoxy groups -OCH3 is 2. The summed E-state index contributed by atoms with van der Waals surface area (Å²) >= 11 is 0. The third kappa shape index (κ3) is 2.72. The topological polar surface area (TPSA) is 52.6 Å². The number of rotatable bonds is 2. The first-order valence-electron chi connectivity index (χ1n) is 5.17. The van der Waals surface area contributed by atoms with Gasteiger partial charge in [-0.1, -0.05) is 5.57 Å². The van der Waals surface area contributed by atoms with E-state index in [1.165, 1.54) is 14.2 Å². The normalized spacial score (nSPS) is 16.3. The summed E-state index contributed by atoms with van der Waals surface area (Å²) in [5.74, 6) is -0.937.